The SMILES string of the molecule is CCCC(C)(C)[Si](C)(C)Oc1cc2ccccc2[cH-]1.CCCC(C)(C)[Si](C)(C)Oc1cc2ccccc2[cH-]1.[Cl-].[Cl-].[Zr+4].c1ccc([Si]c2ccccc2)cc1. The zero-order valence-corrected chi connectivity index (χ0v) is 41.1. The Bertz CT molecular complexity index is 1710. The summed E-state index contributed by atoms with van der Waals surface area (Å²) in [6.07, 6.45) is 4.89. The van der Waals surface area contributed by atoms with E-state index in [4.69, 9.17) is 8.85 Å². The summed E-state index contributed by atoms with van der Waals surface area (Å²) in [6.45, 7) is 23.3. The standard InChI is InChI=1S/2C17H25OSi.C12H10Si.2ClH.Zr/c2*1-6-11-17(2,3)19(4,5)18-16-12-14-9-7-8-10-15(14)13-16;1-3-7-11(8-4-1)13-12-9-5-2-6-10-12;;;/h2*7-10,12-13H,6,11H2,1-5H3;1-10H;2*1H;/q2*-1;;;;+4/p-2. The van der Waals surface area contributed by atoms with Crippen LogP contribution >= 0.6 is 0 Å². The Morgan fingerprint density at radius 1 is 0.519 bits per heavy atom. The van der Waals surface area contributed by atoms with E-state index in [0.29, 0.717) is 10.1 Å². The van der Waals surface area contributed by atoms with Gasteiger partial charge in [0.05, 0.1) is 0 Å². The molecule has 0 aliphatic rings. The Hall–Kier alpha value is -2.19. The van der Waals surface area contributed by atoms with E-state index in [-0.39, 0.29) is 51.0 Å². The first-order valence-corrected chi connectivity index (χ1v) is 25.5. The van der Waals surface area contributed by atoms with E-state index < -0.39 is 16.6 Å². The number of benzene rings is 4. The summed E-state index contributed by atoms with van der Waals surface area (Å²) in [5.41, 5.74) is 0. The first kappa shape index (κ1) is 49.8. The molecule has 0 saturated carbocycles. The molecule has 2 nitrogen and oxygen atoms in total. The number of hydrogen-bond donors (Lipinski definition) is 0. The summed E-state index contributed by atoms with van der Waals surface area (Å²) in [4.78, 5) is 0. The normalized spacial score (nSPS) is 11.4. The second-order valence-corrected chi connectivity index (χ2v) is 26.6. The molecule has 0 saturated heterocycles. The van der Waals surface area contributed by atoms with Crippen LogP contribution in [0.25, 0.3) is 21.5 Å². The van der Waals surface area contributed by atoms with E-state index in [2.05, 4.69) is 201 Å². The number of rotatable bonds is 12. The molecule has 0 bridgehead atoms. The maximum absolute atomic E-state index is 6.44. The molecule has 0 amide bonds. The van der Waals surface area contributed by atoms with Crippen molar-refractivity contribution in [2.24, 2.45) is 0 Å². The van der Waals surface area contributed by atoms with E-state index in [1.165, 1.54) is 57.6 Å². The van der Waals surface area contributed by atoms with Gasteiger partial charge in [0.25, 0.3) is 0 Å². The third-order valence-electron chi connectivity index (χ3n) is 10.8. The maximum atomic E-state index is 6.44. The summed E-state index contributed by atoms with van der Waals surface area (Å²) in [6, 6.07) is 46.7. The molecule has 0 spiro atoms. The van der Waals surface area contributed by atoms with Gasteiger partial charge in [-0.15, -0.1) is 82.2 Å². The molecule has 6 aromatic carbocycles. The van der Waals surface area contributed by atoms with Crippen LogP contribution in [0, 0.1) is 0 Å². The molecular formula is C46H60Cl2O2Si3Zr. The van der Waals surface area contributed by atoms with E-state index >= 15 is 0 Å². The van der Waals surface area contributed by atoms with Crippen LogP contribution in [0.2, 0.25) is 36.3 Å². The van der Waals surface area contributed by atoms with Gasteiger partial charge in [0.1, 0.15) is 9.52 Å². The van der Waals surface area contributed by atoms with Crippen molar-refractivity contribution >= 4 is 58.1 Å². The van der Waals surface area contributed by atoms with Gasteiger partial charge in [-0.3, -0.25) is 0 Å². The molecule has 0 unspecified atom stereocenters. The minimum atomic E-state index is -1.76. The van der Waals surface area contributed by atoms with Crippen LogP contribution in [-0.4, -0.2) is 26.2 Å². The molecule has 0 heterocycles. The largest absolute Gasteiger partial charge is 4.00 e. The zero-order valence-electron chi connectivity index (χ0n) is 34.1. The average molecular weight is 891 g/mol. The van der Waals surface area contributed by atoms with Crippen molar-refractivity contribution in [3.8, 4) is 11.5 Å². The Balaban J connectivity index is 0.000000401. The monoisotopic (exact) mass is 888 g/mol. The van der Waals surface area contributed by atoms with Crippen LogP contribution < -0.4 is 44.0 Å². The van der Waals surface area contributed by atoms with Gasteiger partial charge in [-0.2, -0.15) is 0 Å². The van der Waals surface area contributed by atoms with Gasteiger partial charge >= 0.3 is 26.2 Å². The molecule has 2 radical (unpaired) electrons. The number of fused-ring (bicyclic) bond motifs is 2. The Morgan fingerprint density at radius 3 is 1.15 bits per heavy atom. The molecule has 6 rings (SSSR count). The fourth-order valence-corrected chi connectivity index (χ4v) is 11.0. The van der Waals surface area contributed by atoms with Gasteiger partial charge < -0.3 is 33.7 Å². The van der Waals surface area contributed by atoms with Gasteiger partial charge in [-0.25, -0.2) is 0 Å². The van der Waals surface area contributed by atoms with Gasteiger partial charge in [-0.1, -0.05) is 138 Å². The van der Waals surface area contributed by atoms with Crippen LogP contribution in [0.5, 0.6) is 11.5 Å². The molecule has 0 atom stereocenters. The Morgan fingerprint density at radius 2 is 0.833 bits per heavy atom. The minimum absolute atomic E-state index is 0. The van der Waals surface area contributed by atoms with Crippen molar-refractivity contribution in [1.29, 1.82) is 0 Å². The van der Waals surface area contributed by atoms with Crippen molar-refractivity contribution < 1.29 is 59.9 Å². The van der Waals surface area contributed by atoms with Crippen LogP contribution in [0.15, 0.2) is 133 Å². The van der Waals surface area contributed by atoms with Gasteiger partial charge in [0.2, 0.25) is 16.6 Å². The number of hydrogen-bond acceptors (Lipinski definition) is 2. The van der Waals surface area contributed by atoms with Crippen molar-refractivity contribution in [3.63, 3.8) is 0 Å². The average Bonchev–Trinajstić information content (AvgIpc) is 3.68. The van der Waals surface area contributed by atoms with E-state index in [1.807, 2.05) is 0 Å². The first-order valence-electron chi connectivity index (χ1n) is 18.7. The summed E-state index contributed by atoms with van der Waals surface area (Å²) < 4.78 is 12.9. The van der Waals surface area contributed by atoms with Gasteiger partial charge in [-0.05, 0) is 49.1 Å². The van der Waals surface area contributed by atoms with E-state index in [0.717, 1.165) is 21.0 Å². The third kappa shape index (κ3) is 14.1. The smallest absolute Gasteiger partial charge is 1.00 e. The van der Waals surface area contributed by atoms with Crippen LogP contribution in [0.4, 0.5) is 0 Å². The fourth-order valence-electron chi connectivity index (χ4n) is 6.29. The maximum Gasteiger partial charge on any atom is 4.00 e. The van der Waals surface area contributed by atoms with Crippen molar-refractivity contribution in [1.82, 2.24) is 0 Å². The van der Waals surface area contributed by atoms with Gasteiger partial charge in [0.15, 0.2) is 0 Å². The second-order valence-electron chi connectivity index (χ2n) is 16.0. The fraction of sp³-hybridized carbons (Fsp3) is 0.348. The Labute approximate surface area is 363 Å². The predicted octanol–water partition coefficient (Wildman–Crippen LogP) is 6.79. The minimum Gasteiger partial charge on any atom is -1.00 e. The topological polar surface area (TPSA) is 18.5 Å². The molecule has 0 N–H and O–H groups in total. The molecule has 8 heteroatoms. The predicted molar refractivity (Wildman–Crippen MR) is 231 cm³/mol. The van der Waals surface area contributed by atoms with Crippen LogP contribution in [-0.2, 0) is 26.2 Å². The van der Waals surface area contributed by atoms with Crippen molar-refractivity contribution in [2.45, 2.75) is 103 Å². The quantitative estimate of drug-likeness (QED) is 0.0997. The van der Waals surface area contributed by atoms with Crippen LogP contribution in [0.1, 0.15) is 67.2 Å². The van der Waals surface area contributed by atoms with E-state index in [9.17, 15) is 0 Å². The summed E-state index contributed by atoms with van der Waals surface area (Å²) >= 11 is 0. The van der Waals surface area contributed by atoms with Crippen molar-refractivity contribution in [3.05, 3.63) is 133 Å². The van der Waals surface area contributed by atoms with Crippen LogP contribution in [0.3, 0.4) is 0 Å². The zero-order chi connectivity index (χ0) is 37.1. The first-order chi connectivity index (χ1) is 24.2. The van der Waals surface area contributed by atoms with Gasteiger partial charge in [0, 0.05) is 11.5 Å². The third-order valence-corrected chi connectivity index (χ3v) is 20.5. The second kappa shape index (κ2) is 22.5. The molecule has 0 aliphatic carbocycles. The molecule has 6 aromatic rings. The molecule has 286 valence electrons. The Kier molecular flexibility index (Phi) is 20.8. The molecule has 0 aliphatic heterocycles. The summed E-state index contributed by atoms with van der Waals surface area (Å²) in [5.74, 6) is 2.09. The van der Waals surface area contributed by atoms with Crippen molar-refractivity contribution in [2.75, 3.05) is 0 Å². The van der Waals surface area contributed by atoms with E-state index in [1.54, 1.807) is 0 Å². The molecule has 0 fully saturated rings. The molecule has 54 heavy (non-hydrogen) atoms. The molecule has 0 aromatic heterocycles. The molecular weight excluding hydrogens is 831 g/mol. The summed E-state index contributed by atoms with van der Waals surface area (Å²) in [7, 11) is -2.73. The number of halogens is 2. The summed E-state index contributed by atoms with van der Waals surface area (Å²) in [5, 5.41) is 8.48.